The normalized spacial score (nSPS) is 13.3. The van der Waals surface area contributed by atoms with Crippen molar-refractivity contribution in [3.63, 3.8) is 0 Å². The molecule has 8 heteroatoms. The zero-order valence-electron chi connectivity index (χ0n) is 13.9. The van der Waals surface area contributed by atoms with Crippen molar-refractivity contribution in [2.45, 2.75) is 12.6 Å². The van der Waals surface area contributed by atoms with E-state index in [1.54, 1.807) is 22.9 Å². The van der Waals surface area contributed by atoms with Gasteiger partial charge in [0.1, 0.15) is 5.82 Å². The Balaban J connectivity index is 1.81. The van der Waals surface area contributed by atoms with Crippen LogP contribution in [-0.2, 0) is 12.6 Å². The number of aromatic nitrogens is 2. The van der Waals surface area contributed by atoms with Gasteiger partial charge in [0, 0.05) is 17.7 Å². The molecule has 0 saturated heterocycles. The molecular weight excluding hydrogens is 359 g/mol. The van der Waals surface area contributed by atoms with Crippen LogP contribution in [0.4, 0.5) is 19.0 Å². The lowest BCUT2D eigenvalue weighted by atomic mass is 10.0. The van der Waals surface area contributed by atoms with Gasteiger partial charge in [-0.2, -0.15) is 18.3 Å². The predicted molar refractivity (Wildman–Crippen MR) is 93.2 cm³/mol. The van der Waals surface area contributed by atoms with E-state index in [2.05, 4.69) is 10.4 Å². The molecule has 2 N–H and O–H groups in total. The molecule has 0 radical (unpaired) electrons. The minimum absolute atomic E-state index is 0.147. The van der Waals surface area contributed by atoms with Crippen molar-refractivity contribution in [1.29, 1.82) is 0 Å². The standard InChI is InChI=1S/C19H14F3N3O2/c20-19(21,22)13-3-1-2-12(10-13)16-15-8-9-23-17(15)25(24-16)14-6-4-11(5-7-14)18(26)27/h1-7,10,23H,8-9H2,(H,26,27). The first-order chi connectivity index (χ1) is 12.8. The number of benzene rings is 2. The van der Waals surface area contributed by atoms with Crippen LogP contribution in [0.5, 0.6) is 0 Å². The number of hydrogen-bond donors (Lipinski definition) is 2. The van der Waals surface area contributed by atoms with Crippen LogP contribution >= 0.6 is 0 Å². The lowest BCUT2D eigenvalue weighted by Gasteiger charge is -2.08. The molecule has 5 nitrogen and oxygen atoms in total. The monoisotopic (exact) mass is 373 g/mol. The summed E-state index contributed by atoms with van der Waals surface area (Å²) in [6, 6.07) is 11.3. The lowest BCUT2D eigenvalue weighted by Crippen LogP contribution is -2.06. The fourth-order valence-electron chi connectivity index (χ4n) is 3.18. The van der Waals surface area contributed by atoms with Gasteiger partial charge in [-0.05, 0) is 42.8 Å². The zero-order chi connectivity index (χ0) is 19.2. The number of anilines is 1. The van der Waals surface area contributed by atoms with Crippen LogP contribution < -0.4 is 5.32 Å². The van der Waals surface area contributed by atoms with Crippen LogP contribution in [-0.4, -0.2) is 27.4 Å². The van der Waals surface area contributed by atoms with Gasteiger partial charge in [0.15, 0.2) is 0 Å². The Morgan fingerprint density at radius 1 is 1.15 bits per heavy atom. The summed E-state index contributed by atoms with van der Waals surface area (Å²) < 4.78 is 40.7. The van der Waals surface area contributed by atoms with Gasteiger partial charge in [0.2, 0.25) is 0 Å². The number of carboxylic acids is 1. The second-order valence-corrected chi connectivity index (χ2v) is 6.19. The smallest absolute Gasteiger partial charge is 0.416 e. The molecule has 0 amide bonds. The average molecular weight is 373 g/mol. The topological polar surface area (TPSA) is 67.1 Å². The van der Waals surface area contributed by atoms with Crippen molar-refractivity contribution in [3.8, 4) is 16.9 Å². The van der Waals surface area contributed by atoms with Gasteiger partial charge in [-0.25, -0.2) is 9.48 Å². The van der Waals surface area contributed by atoms with Crippen molar-refractivity contribution in [3.05, 3.63) is 65.2 Å². The van der Waals surface area contributed by atoms with Crippen LogP contribution in [0.2, 0.25) is 0 Å². The Kier molecular flexibility index (Phi) is 3.91. The molecule has 0 aliphatic carbocycles. The van der Waals surface area contributed by atoms with Gasteiger partial charge in [0.05, 0.1) is 22.5 Å². The molecule has 1 aliphatic heterocycles. The van der Waals surface area contributed by atoms with Gasteiger partial charge < -0.3 is 10.4 Å². The highest BCUT2D eigenvalue weighted by atomic mass is 19.4. The summed E-state index contributed by atoms with van der Waals surface area (Å²) in [6.07, 6.45) is -3.78. The number of carbonyl (C=O) groups is 1. The largest absolute Gasteiger partial charge is 0.478 e. The molecule has 0 saturated carbocycles. The molecule has 2 heterocycles. The number of rotatable bonds is 3. The van der Waals surface area contributed by atoms with E-state index in [0.717, 1.165) is 17.7 Å². The number of aromatic carboxylic acids is 1. The first-order valence-electron chi connectivity index (χ1n) is 8.22. The Morgan fingerprint density at radius 3 is 2.56 bits per heavy atom. The van der Waals surface area contributed by atoms with Crippen molar-refractivity contribution < 1.29 is 23.1 Å². The van der Waals surface area contributed by atoms with E-state index in [1.165, 1.54) is 18.2 Å². The summed E-state index contributed by atoms with van der Waals surface area (Å²) in [7, 11) is 0. The van der Waals surface area contributed by atoms with Crippen LogP contribution in [0.15, 0.2) is 48.5 Å². The zero-order valence-corrected chi connectivity index (χ0v) is 13.9. The van der Waals surface area contributed by atoms with E-state index >= 15 is 0 Å². The average Bonchev–Trinajstić information content (AvgIpc) is 3.23. The van der Waals surface area contributed by atoms with Crippen molar-refractivity contribution in [2.75, 3.05) is 11.9 Å². The quantitative estimate of drug-likeness (QED) is 0.721. The number of hydrogen-bond acceptors (Lipinski definition) is 3. The van der Waals surface area contributed by atoms with E-state index in [0.29, 0.717) is 35.7 Å². The molecular formula is C19H14F3N3O2. The Hall–Kier alpha value is -3.29. The van der Waals surface area contributed by atoms with Crippen LogP contribution in [0.1, 0.15) is 21.5 Å². The molecule has 0 unspecified atom stereocenters. The molecule has 4 rings (SSSR count). The van der Waals surface area contributed by atoms with Gasteiger partial charge in [-0.3, -0.25) is 0 Å². The minimum Gasteiger partial charge on any atom is -0.478 e. The maximum Gasteiger partial charge on any atom is 0.416 e. The lowest BCUT2D eigenvalue weighted by molar-refractivity contribution is -0.137. The van der Waals surface area contributed by atoms with Gasteiger partial charge in [-0.15, -0.1) is 0 Å². The highest BCUT2D eigenvalue weighted by Gasteiger charge is 2.31. The third-order valence-electron chi connectivity index (χ3n) is 4.47. The van der Waals surface area contributed by atoms with Crippen molar-refractivity contribution in [1.82, 2.24) is 9.78 Å². The Bertz CT molecular complexity index is 1020. The predicted octanol–water partition coefficient (Wildman–Crippen LogP) is 4.22. The van der Waals surface area contributed by atoms with Gasteiger partial charge in [0.25, 0.3) is 0 Å². The second-order valence-electron chi connectivity index (χ2n) is 6.19. The summed E-state index contributed by atoms with van der Waals surface area (Å²) in [5.74, 6) is -0.319. The van der Waals surface area contributed by atoms with E-state index in [4.69, 9.17) is 5.11 Å². The third kappa shape index (κ3) is 3.03. The number of alkyl halides is 3. The van der Waals surface area contributed by atoms with E-state index in [9.17, 15) is 18.0 Å². The molecule has 27 heavy (non-hydrogen) atoms. The summed E-state index contributed by atoms with van der Waals surface area (Å²) in [5.41, 5.74) is 1.78. The fraction of sp³-hybridized carbons (Fsp3) is 0.158. The van der Waals surface area contributed by atoms with Crippen LogP contribution in [0.3, 0.4) is 0 Å². The highest BCUT2D eigenvalue weighted by Crippen LogP contribution is 2.37. The van der Waals surface area contributed by atoms with Crippen molar-refractivity contribution >= 4 is 11.8 Å². The Morgan fingerprint density at radius 2 is 1.89 bits per heavy atom. The Labute approximate surface area is 152 Å². The summed E-state index contributed by atoms with van der Waals surface area (Å²) >= 11 is 0. The molecule has 2 aromatic carbocycles. The van der Waals surface area contributed by atoms with Crippen LogP contribution in [0.25, 0.3) is 16.9 Å². The molecule has 1 aliphatic rings. The molecule has 0 fully saturated rings. The first kappa shape index (κ1) is 17.1. The molecule has 1 aromatic heterocycles. The fourth-order valence-corrected chi connectivity index (χ4v) is 3.18. The highest BCUT2D eigenvalue weighted by molar-refractivity contribution is 5.87. The van der Waals surface area contributed by atoms with Gasteiger partial charge >= 0.3 is 12.1 Å². The molecule has 3 aromatic rings. The second kappa shape index (κ2) is 6.15. The number of nitrogens with one attached hydrogen (secondary N) is 1. The minimum atomic E-state index is -4.42. The maximum atomic E-state index is 13.0. The summed E-state index contributed by atoms with van der Waals surface area (Å²) in [5, 5.41) is 16.7. The number of nitrogens with zero attached hydrogens (tertiary/aromatic N) is 2. The summed E-state index contributed by atoms with van der Waals surface area (Å²) in [6.45, 7) is 0.659. The SMILES string of the molecule is O=C(O)c1ccc(-n2nc(-c3cccc(C(F)(F)F)c3)c3c2NCC3)cc1. The van der Waals surface area contributed by atoms with Crippen molar-refractivity contribution in [2.24, 2.45) is 0 Å². The van der Waals surface area contributed by atoms with E-state index in [1.807, 2.05) is 0 Å². The molecule has 0 atom stereocenters. The number of fused-ring (bicyclic) bond motifs is 1. The number of carboxylic acid groups (broad SMARTS) is 1. The summed E-state index contributed by atoms with van der Waals surface area (Å²) in [4.78, 5) is 11.0. The first-order valence-corrected chi connectivity index (χ1v) is 8.22. The van der Waals surface area contributed by atoms with Gasteiger partial charge in [-0.1, -0.05) is 12.1 Å². The van der Waals surface area contributed by atoms with Crippen LogP contribution in [0, 0.1) is 0 Å². The molecule has 0 spiro atoms. The number of halogens is 3. The van der Waals surface area contributed by atoms with E-state index < -0.39 is 17.7 Å². The molecule has 138 valence electrons. The third-order valence-corrected chi connectivity index (χ3v) is 4.47. The van der Waals surface area contributed by atoms with E-state index in [-0.39, 0.29) is 5.56 Å². The maximum absolute atomic E-state index is 13.0. The molecule has 0 bridgehead atoms.